The molecule has 3 rings (SSSR count). The standard InChI is InChI=1S/C17H21ClN4O2/c1-3-15-16(11-21(2)20-15)19-17(23)22-9-8-14(10-22)24-13-6-4-12(18)5-7-13/h4-7,11,14H,3,8-10H2,1-2H3,(H,19,23). The molecule has 1 saturated heterocycles. The Morgan fingerprint density at radius 3 is 2.88 bits per heavy atom. The maximum absolute atomic E-state index is 12.4. The summed E-state index contributed by atoms with van der Waals surface area (Å²) in [7, 11) is 1.85. The maximum Gasteiger partial charge on any atom is 0.322 e. The highest BCUT2D eigenvalue weighted by Crippen LogP contribution is 2.21. The number of amides is 2. The van der Waals surface area contributed by atoms with Crippen LogP contribution in [0.15, 0.2) is 30.5 Å². The number of carbonyl (C=O) groups is 1. The van der Waals surface area contributed by atoms with E-state index in [1.165, 1.54) is 0 Å². The topological polar surface area (TPSA) is 59.4 Å². The van der Waals surface area contributed by atoms with Crippen molar-refractivity contribution in [3.8, 4) is 5.75 Å². The first-order valence-electron chi connectivity index (χ1n) is 8.06. The molecule has 1 aliphatic rings. The van der Waals surface area contributed by atoms with Gasteiger partial charge in [0.05, 0.1) is 17.9 Å². The largest absolute Gasteiger partial charge is 0.489 e. The van der Waals surface area contributed by atoms with Crippen LogP contribution in [0.3, 0.4) is 0 Å². The predicted molar refractivity (Wildman–Crippen MR) is 93.7 cm³/mol. The Labute approximate surface area is 146 Å². The third-order valence-electron chi connectivity index (χ3n) is 4.03. The summed E-state index contributed by atoms with van der Waals surface area (Å²) in [5.74, 6) is 0.771. The number of rotatable bonds is 4. The van der Waals surface area contributed by atoms with Crippen molar-refractivity contribution in [3.05, 3.63) is 41.2 Å². The van der Waals surface area contributed by atoms with E-state index >= 15 is 0 Å². The number of carbonyl (C=O) groups excluding carboxylic acids is 1. The lowest BCUT2D eigenvalue weighted by Crippen LogP contribution is -2.34. The maximum atomic E-state index is 12.4. The smallest absolute Gasteiger partial charge is 0.322 e. The van der Waals surface area contributed by atoms with Gasteiger partial charge in [0.1, 0.15) is 11.9 Å². The molecule has 1 N–H and O–H groups in total. The van der Waals surface area contributed by atoms with Crippen LogP contribution in [0.25, 0.3) is 0 Å². The summed E-state index contributed by atoms with van der Waals surface area (Å²) < 4.78 is 7.63. The van der Waals surface area contributed by atoms with Gasteiger partial charge >= 0.3 is 6.03 Å². The molecule has 7 heteroatoms. The van der Waals surface area contributed by atoms with Crippen LogP contribution >= 0.6 is 11.6 Å². The van der Waals surface area contributed by atoms with Crippen LogP contribution in [0.4, 0.5) is 10.5 Å². The van der Waals surface area contributed by atoms with Crippen LogP contribution in [-0.2, 0) is 13.5 Å². The number of anilines is 1. The van der Waals surface area contributed by atoms with Gasteiger partial charge in [-0.15, -0.1) is 0 Å². The van der Waals surface area contributed by atoms with Crippen molar-refractivity contribution in [2.45, 2.75) is 25.9 Å². The Bertz CT molecular complexity index is 714. The molecule has 2 heterocycles. The quantitative estimate of drug-likeness (QED) is 0.922. The summed E-state index contributed by atoms with van der Waals surface area (Å²) in [6.45, 7) is 3.26. The molecule has 6 nitrogen and oxygen atoms in total. The van der Waals surface area contributed by atoms with Gasteiger partial charge in [-0.25, -0.2) is 4.79 Å². The number of likely N-dealkylation sites (tertiary alicyclic amines) is 1. The van der Waals surface area contributed by atoms with Gasteiger partial charge in [-0.05, 0) is 30.7 Å². The van der Waals surface area contributed by atoms with Crippen LogP contribution in [0.2, 0.25) is 5.02 Å². The third-order valence-corrected chi connectivity index (χ3v) is 4.28. The molecule has 1 unspecified atom stereocenters. The molecule has 0 spiro atoms. The van der Waals surface area contributed by atoms with Gasteiger partial charge in [-0.1, -0.05) is 18.5 Å². The highest BCUT2D eigenvalue weighted by Gasteiger charge is 2.28. The van der Waals surface area contributed by atoms with Gasteiger partial charge in [0.25, 0.3) is 0 Å². The monoisotopic (exact) mass is 348 g/mol. The lowest BCUT2D eigenvalue weighted by Gasteiger charge is -2.18. The molecular formula is C17H21ClN4O2. The van der Waals surface area contributed by atoms with Gasteiger partial charge in [0.2, 0.25) is 0 Å². The Morgan fingerprint density at radius 1 is 1.42 bits per heavy atom. The second kappa shape index (κ2) is 7.13. The third kappa shape index (κ3) is 3.82. The number of nitrogens with one attached hydrogen (secondary N) is 1. The summed E-state index contributed by atoms with van der Waals surface area (Å²) in [5.41, 5.74) is 1.66. The highest BCUT2D eigenvalue weighted by atomic mass is 35.5. The van der Waals surface area contributed by atoms with E-state index in [0.717, 1.165) is 30.0 Å². The summed E-state index contributed by atoms with van der Waals surface area (Å²) >= 11 is 5.87. The zero-order valence-corrected chi connectivity index (χ0v) is 14.6. The second-order valence-electron chi connectivity index (χ2n) is 5.88. The number of ether oxygens (including phenoxy) is 1. The number of hydrogen-bond acceptors (Lipinski definition) is 3. The average molecular weight is 349 g/mol. The first-order chi connectivity index (χ1) is 11.5. The lowest BCUT2D eigenvalue weighted by molar-refractivity contribution is 0.195. The SMILES string of the molecule is CCc1nn(C)cc1NC(=O)N1CCC(Oc2ccc(Cl)cc2)C1. The summed E-state index contributed by atoms with van der Waals surface area (Å²) in [5, 5.41) is 7.96. The predicted octanol–water partition coefficient (Wildman–Crippen LogP) is 3.32. The van der Waals surface area contributed by atoms with Gasteiger partial charge < -0.3 is 15.0 Å². The van der Waals surface area contributed by atoms with Gasteiger partial charge in [0, 0.05) is 31.2 Å². The van der Waals surface area contributed by atoms with E-state index < -0.39 is 0 Å². The number of urea groups is 1. The fourth-order valence-electron chi connectivity index (χ4n) is 2.81. The molecule has 128 valence electrons. The molecule has 0 radical (unpaired) electrons. The fraction of sp³-hybridized carbons (Fsp3) is 0.412. The van der Waals surface area contributed by atoms with Crippen LogP contribution in [0, 0.1) is 0 Å². The van der Waals surface area contributed by atoms with Gasteiger partial charge in [0.15, 0.2) is 0 Å². The molecule has 2 aromatic rings. The number of aromatic nitrogens is 2. The molecular weight excluding hydrogens is 328 g/mol. The van der Waals surface area contributed by atoms with Crippen molar-refractivity contribution >= 4 is 23.3 Å². The zero-order valence-electron chi connectivity index (χ0n) is 13.8. The minimum atomic E-state index is -0.111. The van der Waals surface area contributed by atoms with E-state index in [9.17, 15) is 4.79 Å². The Morgan fingerprint density at radius 2 is 2.17 bits per heavy atom. The fourth-order valence-corrected chi connectivity index (χ4v) is 2.93. The molecule has 1 aliphatic heterocycles. The van der Waals surface area contributed by atoms with Crippen molar-refractivity contribution < 1.29 is 9.53 Å². The number of halogens is 1. The highest BCUT2D eigenvalue weighted by molar-refractivity contribution is 6.30. The van der Waals surface area contributed by atoms with Crippen LogP contribution in [0.5, 0.6) is 5.75 Å². The minimum absolute atomic E-state index is 0.00327. The Balaban J connectivity index is 1.56. The van der Waals surface area contributed by atoms with E-state index in [-0.39, 0.29) is 12.1 Å². The zero-order chi connectivity index (χ0) is 17.1. The van der Waals surface area contributed by atoms with E-state index in [1.54, 1.807) is 21.7 Å². The van der Waals surface area contributed by atoms with Crippen molar-refractivity contribution in [2.24, 2.45) is 7.05 Å². The molecule has 2 amide bonds. The van der Waals surface area contributed by atoms with Gasteiger partial charge in [-0.3, -0.25) is 4.68 Å². The van der Waals surface area contributed by atoms with Crippen LogP contribution in [0.1, 0.15) is 19.0 Å². The number of nitrogens with zero attached hydrogens (tertiary/aromatic N) is 3. The van der Waals surface area contributed by atoms with E-state index in [0.29, 0.717) is 18.1 Å². The molecule has 1 atom stereocenters. The van der Waals surface area contributed by atoms with Crippen LogP contribution in [-0.4, -0.2) is 39.9 Å². The van der Waals surface area contributed by atoms with E-state index in [2.05, 4.69) is 10.4 Å². The second-order valence-corrected chi connectivity index (χ2v) is 6.31. The molecule has 24 heavy (non-hydrogen) atoms. The Hall–Kier alpha value is -2.21. The number of hydrogen-bond donors (Lipinski definition) is 1. The van der Waals surface area contributed by atoms with Crippen molar-refractivity contribution in [3.63, 3.8) is 0 Å². The number of aryl methyl sites for hydroxylation is 2. The molecule has 1 fully saturated rings. The minimum Gasteiger partial charge on any atom is -0.489 e. The first-order valence-corrected chi connectivity index (χ1v) is 8.43. The molecule has 1 aromatic heterocycles. The normalized spacial score (nSPS) is 17.1. The molecule has 1 aromatic carbocycles. The summed E-state index contributed by atoms with van der Waals surface area (Å²) in [6.07, 6.45) is 3.41. The average Bonchev–Trinajstić information content (AvgIpc) is 3.16. The van der Waals surface area contributed by atoms with Crippen molar-refractivity contribution in [1.82, 2.24) is 14.7 Å². The summed E-state index contributed by atoms with van der Waals surface area (Å²) in [6, 6.07) is 7.17. The van der Waals surface area contributed by atoms with E-state index in [1.807, 2.05) is 32.3 Å². The Kier molecular flexibility index (Phi) is 4.94. The molecule has 0 saturated carbocycles. The molecule has 0 aliphatic carbocycles. The van der Waals surface area contributed by atoms with Crippen LogP contribution < -0.4 is 10.1 Å². The summed E-state index contributed by atoms with van der Waals surface area (Å²) in [4.78, 5) is 14.2. The first kappa shape index (κ1) is 16.6. The number of benzene rings is 1. The van der Waals surface area contributed by atoms with Crippen molar-refractivity contribution in [1.29, 1.82) is 0 Å². The van der Waals surface area contributed by atoms with Crippen molar-refractivity contribution in [2.75, 3.05) is 18.4 Å². The van der Waals surface area contributed by atoms with Gasteiger partial charge in [-0.2, -0.15) is 5.10 Å². The molecule has 0 bridgehead atoms. The van der Waals surface area contributed by atoms with E-state index in [4.69, 9.17) is 16.3 Å². The lowest BCUT2D eigenvalue weighted by atomic mass is 10.3.